The maximum atomic E-state index is 10.9. The molecule has 2 aromatic carbocycles. The zero-order valence-corrected chi connectivity index (χ0v) is 9.97. The van der Waals surface area contributed by atoms with Gasteiger partial charge in [-0.15, -0.1) is 6.58 Å². The maximum absolute atomic E-state index is 10.9. The van der Waals surface area contributed by atoms with Crippen molar-refractivity contribution in [2.45, 2.75) is 6.54 Å². The minimum atomic E-state index is 0.704. The molecule has 2 heteroatoms. The standard InChI is InChI=1S/C16H13NO/c1-2-9-17-15-6-4-3-5-13(15)14-8-7-12(11-18)10-16(14)17/h2-8,10-11H,1,9H2. The maximum Gasteiger partial charge on any atom is 0.150 e. The highest BCUT2D eigenvalue weighted by atomic mass is 16.1. The van der Waals surface area contributed by atoms with Crippen molar-refractivity contribution in [3.05, 3.63) is 60.7 Å². The molecular weight excluding hydrogens is 222 g/mol. The summed E-state index contributed by atoms with van der Waals surface area (Å²) in [5.74, 6) is 0. The lowest BCUT2D eigenvalue weighted by atomic mass is 10.1. The molecule has 0 aliphatic heterocycles. The van der Waals surface area contributed by atoms with Crippen molar-refractivity contribution < 1.29 is 4.79 Å². The van der Waals surface area contributed by atoms with E-state index in [1.54, 1.807) is 0 Å². The Bertz CT molecular complexity index is 752. The molecule has 0 N–H and O–H groups in total. The topological polar surface area (TPSA) is 22.0 Å². The molecule has 2 nitrogen and oxygen atoms in total. The first-order chi connectivity index (χ1) is 8.85. The quantitative estimate of drug-likeness (QED) is 0.500. The second-order valence-corrected chi connectivity index (χ2v) is 4.31. The first-order valence-electron chi connectivity index (χ1n) is 5.92. The first-order valence-corrected chi connectivity index (χ1v) is 5.92. The van der Waals surface area contributed by atoms with Gasteiger partial charge in [-0.1, -0.05) is 36.4 Å². The van der Waals surface area contributed by atoms with Crippen molar-refractivity contribution in [2.75, 3.05) is 0 Å². The number of carbonyl (C=O) groups excluding carboxylic acids is 1. The Morgan fingerprint density at radius 2 is 1.83 bits per heavy atom. The third-order valence-electron chi connectivity index (χ3n) is 3.25. The van der Waals surface area contributed by atoms with Gasteiger partial charge in [0.15, 0.2) is 0 Å². The molecule has 0 spiro atoms. The predicted octanol–water partition coefficient (Wildman–Crippen LogP) is 3.79. The van der Waals surface area contributed by atoms with Crippen LogP contribution in [0.2, 0.25) is 0 Å². The van der Waals surface area contributed by atoms with E-state index < -0.39 is 0 Å². The van der Waals surface area contributed by atoms with E-state index in [-0.39, 0.29) is 0 Å². The average Bonchev–Trinajstić information content (AvgIpc) is 2.73. The molecule has 0 radical (unpaired) electrons. The predicted molar refractivity (Wildman–Crippen MR) is 75.0 cm³/mol. The lowest BCUT2D eigenvalue weighted by Crippen LogP contribution is -1.94. The number of rotatable bonds is 3. The van der Waals surface area contributed by atoms with Crippen LogP contribution in [0.3, 0.4) is 0 Å². The first kappa shape index (κ1) is 10.8. The summed E-state index contributed by atoms with van der Waals surface area (Å²) in [5.41, 5.74) is 2.96. The molecule has 88 valence electrons. The number of aromatic nitrogens is 1. The fraction of sp³-hybridized carbons (Fsp3) is 0.0625. The summed E-state index contributed by atoms with van der Waals surface area (Å²) in [6, 6.07) is 14.1. The van der Waals surface area contributed by atoms with E-state index in [1.165, 1.54) is 16.3 Å². The van der Waals surface area contributed by atoms with Gasteiger partial charge in [0.05, 0.1) is 5.52 Å². The smallest absolute Gasteiger partial charge is 0.150 e. The molecule has 0 amide bonds. The number of aldehydes is 1. The van der Waals surface area contributed by atoms with Gasteiger partial charge in [-0.2, -0.15) is 0 Å². The Morgan fingerprint density at radius 1 is 1.06 bits per heavy atom. The number of nitrogens with zero attached hydrogens (tertiary/aromatic N) is 1. The molecule has 3 rings (SSSR count). The van der Waals surface area contributed by atoms with E-state index in [0.717, 1.165) is 18.3 Å². The third kappa shape index (κ3) is 1.46. The Hall–Kier alpha value is -2.35. The number of allylic oxidation sites excluding steroid dienone is 1. The van der Waals surface area contributed by atoms with Crippen LogP contribution < -0.4 is 0 Å². The number of hydrogen-bond acceptors (Lipinski definition) is 1. The lowest BCUT2D eigenvalue weighted by molar-refractivity contribution is 0.112. The minimum Gasteiger partial charge on any atom is -0.337 e. The van der Waals surface area contributed by atoms with Crippen LogP contribution in [0.15, 0.2) is 55.1 Å². The largest absolute Gasteiger partial charge is 0.337 e. The summed E-state index contributed by atoms with van der Waals surface area (Å²) in [4.78, 5) is 10.9. The zero-order chi connectivity index (χ0) is 12.5. The molecule has 0 bridgehead atoms. The average molecular weight is 235 g/mol. The summed E-state index contributed by atoms with van der Waals surface area (Å²) in [6.07, 6.45) is 2.76. The summed E-state index contributed by atoms with van der Waals surface area (Å²) in [6.45, 7) is 4.54. The second kappa shape index (κ2) is 4.15. The highest BCUT2D eigenvalue weighted by Crippen LogP contribution is 2.29. The molecule has 0 saturated carbocycles. The lowest BCUT2D eigenvalue weighted by Gasteiger charge is -2.03. The van der Waals surface area contributed by atoms with E-state index in [4.69, 9.17) is 0 Å². The van der Waals surface area contributed by atoms with Gasteiger partial charge < -0.3 is 4.57 Å². The van der Waals surface area contributed by atoms with Crippen molar-refractivity contribution in [3.63, 3.8) is 0 Å². The summed E-state index contributed by atoms with van der Waals surface area (Å²) >= 11 is 0. The molecule has 0 unspecified atom stereocenters. The molecule has 3 aromatic rings. The number of fused-ring (bicyclic) bond motifs is 3. The van der Waals surface area contributed by atoms with E-state index in [9.17, 15) is 4.79 Å². The third-order valence-corrected chi connectivity index (χ3v) is 3.25. The minimum absolute atomic E-state index is 0.704. The Morgan fingerprint density at radius 3 is 2.61 bits per heavy atom. The van der Waals surface area contributed by atoms with Gasteiger partial charge in [0.2, 0.25) is 0 Å². The van der Waals surface area contributed by atoms with E-state index in [2.05, 4.69) is 23.3 Å². The molecule has 1 aromatic heterocycles. The van der Waals surface area contributed by atoms with Gasteiger partial charge in [-0.05, 0) is 12.1 Å². The van der Waals surface area contributed by atoms with Crippen molar-refractivity contribution in [1.29, 1.82) is 0 Å². The molecule has 1 heterocycles. The monoisotopic (exact) mass is 235 g/mol. The van der Waals surface area contributed by atoms with Gasteiger partial charge in [-0.3, -0.25) is 4.79 Å². The highest BCUT2D eigenvalue weighted by Gasteiger charge is 2.09. The number of hydrogen-bond donors (Lipinski definition) is 0. The molecule has 18 heavy (non-hydrogen) atoms. The van der Waals surface area contributed by atoms with Crippen molar-refractivity contribution in [3.8, 4) is 0 Å². The normalized spacial score (nSPS) is 10.9. The highest BCUT2D eigenvalue weighted by molar-refractivity contribution is 6.09. The molecule has 0 fully saturated rings. The molecule has 0 atom stereocenters. The van der Waals surface area contributed by atoms with Gasteiger partial charge in [-0.25, -0.2) is 0 Å². The van der Waals surface area contributed by atoms with Crippen molar-refractivity contribution in [2.24, 2.45) is 0 Å². The van der Waals surface area contributed by atoms with E-state index >= 15 is 0 Å². The number of para-hydroxylation sites is 1. The number of carbonyl (C=O) groups is 1. The van der Waals surface area contributed by atoms with E-state index in [1.807, 2.05) is 36.4 Å². The van der Waals surface area contributed by atoms with Crippen molar-refractivity contribution >= 4 is 28.1 Å². The van der Waals surface area contributed by atoms with Crippen LogP contribution in [0.5, 0.6) is 0 Å². The van der Waals surface area contributed by atoms with Crippen LogP contribution in [0.4, 0.5) is 0 Å². The van der Waals surface area contributed by atoms with E-state index in [0.29, 0.717) is 5.56 Å². The van der Waals surface area contributed by atoms with Crippen LogP contribution >= 0.6 is 0 Å². The van der Waals surface area contributed by atoms with Gasteiger partial charge in [0.25, 0.3) is 0 Å². The molecule has 0 aliphatic rings. The van der Waals surface area contributed by atoms with Crippen LogP contribution in [-0.2, 0) is 6.54 Å². The zero-order valence-electron chi connectivity index (χ0n) is 9.97. The fourth-order valence-corrected chi connectivity index (χ4v) is 2.47. The Labute approximate surface area is 105 Å². The van der Waals surface area contributed by atoms with Crippen LogP contribution in [-0.4, -0.2) is 10.9 Å². The second-order valence-electron chi connectivity index (χ2n) is 4.31. The van der Waals surface area contributed by atoms with Crippen LogP contribution in [0, 0.1) is 0 Å². The van der Waals surface area contributed by atoms with Crippen LogP contribution in [0.1, 0.15) is 10.4 Å². The van der Waals surface area contributed by atoms with Gasteiger partial charge in [0.1, 0.15) is 6.29 Å². The van der Waals surface area contributed by atoms with Crippen molar-refractivity contribution in [1.82, 2.24) is 4.57 Å². The number of benzene rings is 2. The van der Waals surface area contributed by atoms with Crippen LogP contribution in [0.25, 0.3) is 21.8 Å². The molecule has 0 aliphatic carbocycles. The van der Waals surface area contributed by atoms with Gasteiger partial charge >= 0.3 is 0 Å². The fourth-order valence-electron chi connectivity index (χ4n) is 2.47. The summed E-state index contributed by atoms with van der Waals surface area (Å²) in [7, 11) is 0. The Kier molecular flexibility index (Phi) is 2.49. The Balaban J connectivity index is 2.49. The molecular formula is C16H13NO. The van der Waals surface area contributed by atoms with Gasteiger partial charge in [0, 0.05) is 28.4 Å². The summed E-state index contributed by atoms with van der Waals surface area (Å²) in [5, 5.41) is 2.39. The SMILES string of the molecule is C=CCn1c2ccccc2c2ccc(C=O)cc21. The molecule has 0 saturated heterocycles. The summed E-state index contributed by atoms with van der Waals surface area (Å²) < 4.78 is 2.19.